The predicted octanol–water partition coefficient (Wildman–Crippen LogP) is 2.81. The number of benzene rings is 3. The highest BCUT2D eigenvalue weighted by atomic mass is 32.2. The fraction of sp³-hybridized carbons (Fsp3) is 0.0455. The van der Waals surface area contributed by atoms with Crippen LogP contribution in [0.3, 0.4) is 0 Å². The van der Waals surface area contributed by atoms with Crippen LogP contribution in [0.25, 0.3) is 16.6 Å². The molecule has 0 atom stereocenters. The highest BCUT2D eigenvalue weighted by Gasteiger charge is 2.15. The first-order chi connectivity index (χ1) is 15.3. The highest BCUT2D eigenvalue weighted by molar-refractivity contribution is 7.89. The second-order valence-electron chi connectivity index (χ2n) is 6.98. The fourth-order valence-corrected chi connectivity index (χ4v) is 4.22. The topological polar surface area (TPSA) is 116 Å². The Morgan fingerprint density at radius 3 is 2.22 bits per heavy atom. The van der Waals surface area contributed by atoms with Gasteiger partial charge in [-0.2, -0.15) is 0 Å². The van der Waals surface area contributed by atoms with Crippen LogP contribution in [-0.4, -0.2) is 23.5 Å². The molecule has 3 N–H and O–H groups in total. The number of para-hydroxylation sites is 2. The number of nitrogens with two attached hydrogens (primary N) is 1. The zero-order valence-electron chi connectivity index (χ0n) is 16.6. The molecular formula is C22H18N4O4S2. The summed E-state index contributed by atoms with van der Waals surface area (Å²) in [6.07, 6.45) is 0. The van der Waals surface area contributed by atoms with Crippen molar-refractivity contribution in [3.05, 3.63) is 94.0 Å². The van der Waals surface area contributed by atoms with Gasteiger partial charge in [0.05, 0.1) is 21.5 Å². The molecule has 4 aromatic rings. The number of anilines is 1. The van der Waals surface area contributed by atoms with Gasteiger partial charge in [-0.1, -0.05) is 30.3 Å². The molecule has 0 radical (unpaired) electrons. The van der Waals surface area contributed by atoms with E-state index in [1.54, 1.807) is 53.1 Å². The summed E-state index contributed by atoms with van der Waals surface area (Å²) in [5.74, 6) is -0.395. The van der Waals surface area contributed by atoms with E-state index in [4.69, 9.17) is 17.4 Å². The molecular weight excluding hydrogens is 448 g/mol. The van der Waals surface area contributed by atoms with E-state index in [9.17, 15) is 18.0 Å². The van der Waals surface area contributed by atoms with E-state index in [0.29, 0.717) is 22.3 Å². The van der Waals surface area contributed by atoms with Gasteiger partial charge in [-0.3, -0.25) is 14.2 Å². The molecule has 4 rings (SSSR count). The largest absolute Gasteiger partial charge is 0.325 e. The summed E-state index contributed by atoms with van der Waals surface area (Å²) < 4.78 is 26.0. The molecule has 0 aliphatic rings. The van der Waals surface area contributed by atoms with E-state index in [-0.39, 0.29) is 21.8 Å². The molecule has 162 valence electrons. The molecule has 0 unspecified atom stereocenters. The zero-order chi connectivity index (χ0) is 22.9. The van der Waals surface area contributed by atoms with Crippen molar-refractivity contribution >= 4 is 44.7 Å². The molecule has 0 spiro atoms. The van der Waals surface area contributed by atoms with Crippen LogP contribution >= 0.6 is 12.2 Å². The molecule has 0 bridgehead atoms. The molecule has 0 aliphatic heterocycles. The van der Waals surface area contributed by atoms with Gasteiger partial charge in [-0.15, -0.1) is 0 Å². The van der Waals surface area contributed by atoms with Crippen molar-refractivity contribution in [1.29, 1.82) is 0 Å². The number of carbonyl (C=O) groups is 1. The first-order valence-electron chi connectivity index (χ1n) is 9.48. The molecule has 0 saturated heterocycles. The van der Waals surface area contributed by atoms with E-state index in [2.05, 4.69) is 5.32 Å². The Bertz CT molecular complexity index is 1540. The Balaban J connectivity index is 1.74. The molecule has 3 aromatic carbocycles. The number of aromatic nitrogens is 2. The Morgan fingerprint density at radius 2 is 1.56 bits per heavy atom. The van der Waals surface area contributed by atoms with Gasteiger partial charge in [-0.25, -0.2) is 13.6 Å². The maximum Gasteiger partial charge on any atom is 0.266 e. The minimum atomic E-state index is -3.82. The smallest absolute Gasteiger partial charge is 0.266 e. The Kier molecular flexibility index (Phi) is 5.74. The highest BCUT2D eigenvalue weighted by Crippen LogP contribution is 2.16. The van der Waals surface area contributed by atoms with Crippen LogP contribution in [0.15, 0.2) is 88.6 Å². The molecule has 1 heterocycles. The third-order valence-electron chi connectivity index (χ3n) is 4.83. The van der Waals surface area contributed by atoms with Crippen LogP contribution < -0.4 is 16.0 Å². The normalized spacial score (nSPS) is 11.4. The molecule has 1 amide bonds. The maximum absolute atomic E-state index is 13.1. The van der Waals surface area contributed by atoms with Crippen molar-refractivity contribution in [3.63, 3.8) is 0 Å². The fourth-order valence-electron chi connectivity index (χ4n) is 3.35. The molecule has 0 saturated carbocycles. The lowest BCUT2D eigenvalue weighted by Crippen LogP contribution is -2.27. The van der Waals surface area contributed by atoms with Gasteiger partial charge >= 0.3 is 0 Å². The number of nitrogens with one attached hydrogen (secondary N) is 1. The standard InChI is InChI=1S/C22H18N4O4S2/c23-32(29,30)17-12-10-15(11-13-17)24-20(27)14-25-19-9-5-4-8-18(19)21(28)26(22(25)31)16-6-2-1-3-7-16/h1-13H,14H2,(H,24,27)(H2,23,29,30). The Hall–Kier alpha value is -3.60. The van der Waals surface area contributed by atoms with Crippen molar-refractivity contribution in [2.24, 2.45) is 5.14 Å². The van der Waals surface area contributed by atoms with Gasteiger partial charge in [0.2, 0.25) is 15.9 Å². The van der Waals surface area contributed by atoms with Crippen LogP contribution in [0.4, 0.5) is 5.69 Å². The van der Waals surface area contributed by atoms with Crippen LogP contribution in [0, 0.1) is 4.77 Å². The van der Waals surface area contributed by atoms with Crippen molar-refractivity contribution < 1.29 is 13.2 Å². The lowest BCUT2D eigenvalue weighted by molar-refractivity contribution is -0.116. The summed E-state index contributed by atoms with van der Waals surface area (Å²) in [4.78, 5) is 25.8. The number of carbonyl (C=O) groups excluding carboxylic acids is 1. The van der Waals surface area contributed by atoms with Crippen LogP contribution in [-0.2, 0) is 21.4 Å². The molecule has 0 fully saturated rings. The summed E-state index contributed by atoms with van der Waals surface area (Å²) >= 11 is 5.60. The molecule has 1 aromatic heterocycles. The minimum absolute atomic E-state index is 0.0568. The number of rotatable bonds is 5. The van der Waals surface area contributed by atoms with Gasteiger partial charge < -0.3 is 9.88 Å². The van der Waals surface area contributed by atoms with Crippen LogP contribution in [0.5, 0.6) is 0 Å². The quantitative estimate of drug-likeness (QED) is 0.439. The van der Waals surface area contributed by atoms with Gasteiger partial charge in [0.25, 0.3) is 5.56 Å². The van der Waals surface area contributed by atoms with E-state index in [0.717, 1.165) is 0 Å². The van der Waals surface area contributed by atoms with Crippen molar-refractivity contribution in [3.8, 4) is 5.69 Å². The summed E-state index contributed by atoms with van der Waals surface area (Å²) in [5.41, 5.74) is 1.26. The molecule has 10 heteroatoms. The predicted molar refractivity (Wildman–Crippen MR) is 125 cm³/mol. The SMILES string of the molecule is NS(=O)(=O)c1ccc(NC(=O)Cn2c(=S)n(-c3ccccc3)c(=O)c3ccccc32)cc1. The second-order valence-corrected chi connectivity index (χ2v) is 8.91. The minimum Gasteiger partial charge on any atom is -0.325 e. The van der Waals surface area contributed by atoms with Crippen LogP contribution in [0.2, 0.25) is 0 Å². The summed E-state index contributed by atoms with van der Waals surface area (Å²) in [6, 6.07) is 21.4. The average molecular weight is 467 g/mol. The van der Waals surface area contributed by atoms with Crippen molar-refractivity contribution in [1.82, 2.24) is 9.13 Å². The van der Waals surface area contributed by atoms with E-state index in [1.165, 1.54) is 28.8 Å². The lowest BCUT2D eigenvalue weighted by Gasteiger charge is -2.16. The number of hydrogen-bond acceptors (Lipinski definition) is 5. The number of nitrogens with zero attached hydrogens (tertiary/aromatic N) is 2. The van der Waals surface area contributed by atoms with Gasteiger partial charge in [0, 0.05) is 5.69 Å². The first kappa shape index (κ1) is 21.6. The number of amides is 1. The molecule has 32 heavy (non-hydrogen) atoms. The molecule has 0 aliphatic carbocycles. The van der Waals surface area contributed by atoms with Gasteiger partial charge in [0.1, 0.15) is 6.54 Å². The maximum atomic E-state index is 13.1. The lowest BCUT2D eigenvalue weighted by atomic mass is 10.2. The summed E-state index contributed by atoms with van der Waals surface area (Å²) in [5, 5.41) is 8.23. The molecule has 8 nitrogen and oxygen atoms in total. The number of fused-ring (bicyclic) bond motifs is 1. The summed E-state index contributed by atoms with van der Waals surface area (Å²) in [7, 11) is -3.82. The van der Waals surface area contributed by atoms with E-state index < -0.39 is 15.9 Å². The van der Waals surface area contributed by atoms with E-state index in [1.807, 2.05) is 6.07 Å². The summed E-state index contributed by atoms with van der Waals surface area (Å²) in [6.45, 7) is -0.149. The Labute approximate surface area is 188 Å². The third kappa shape index (κ3) is 4.24. The van der Waals surface area contributed by atoms with Crippen molar-refractivity contribution in [2.45, 2.75) is 11.4 Å². The number of primary sulfonamides is 1. The van der Waals surface area contributed by atoms with Gasteiger partial charge in [-0.05, 0) is 60.7 Å². The zero-order valence-corrected chi connectivity index (χ0v) is 18.3. The van der Waals surface area contributed by atoms with Crippen molar-refractivity contribution in [2.75, 3.05) is 5.32 Å². The third-order valence-corrected chi connectivity index (χ3v) is 6.17. The number of sulfonamides is 1. The average Bonchev–Trinajstić information content (AvgIpc) is 2.77. The van der Waals surface area contributed by atoms with E-state index >= 15 is 0 Å². The Morgan fingerprint density at radius 1 is 0.938 bits per heavy atom. The van der Waals surface area contributed by atoms with Gasteiger partial charge in [0.15, 0.2) is 4.77 Å². The number of hydrogen-bond donors (Lipinski definition) is 2. The van der Waals surface area contributed by atoms with Crippen LogP contribution in [0.1, 0.15) is 0 Å². The second kappa shape index (κ2) is 8.50. The first-order valence-corrected chi connectivity index (χ1v) is 11.4. The monoisotopic (exact) mass is 466 g/mol.